The Morgan fingerprint density at radius 3 is 2.32 bits per heavy atom. The van der Waals surface area contributed by atoms with Gasteiger partial charge in [-0.15, -0.1) is 0 Å². The minimum Gasteiger partial charge on any atom is -0.501 e. The molecular weight excluding hydrogens is 366 g/mol. The number of hydrogen-bond acceptors (Lipinski definition) is 7. The van der Waals surface area contributed by atoms with E-state index in [1.54, 1.807) is 6.07 Å². The lowest BCUT2D eigenvalue weighted by molar-refractivity contribution is -0.388. The van der Waals surface area contributed by atoms with Gasteiger partial charge >= 0.3 is 11.3 Å². The van der Waals surface area contributed by atoms with Gasteiger partial charge in [-0.3, -0.25) is 10.1 Å². The van der Waals surface area contributed by atoms with Crippen LogP contribution in [0, 0.1) is 10.1 Å². The first-order chi connectivity index (χ1) is 13.6. The number of aromatic hydroxyl groups is 1. The summed E-state index contributed by atoms with van der Waals surface area (Å²) in [7, 11) is 0. The molecule has 28 heavy (non-hydrogen) atoms. The average molecular weight is 385 g/mol. The highest BCUT2D eigenvalue weighted by Gasteiger charge is 2.24. The van der Waals surface area contributed by atoms with Gasteiger partial charge in [0.1, 0.15) is 17.1 Å². The van der Waals surface area contributed by atoms with Crippen LogP contribution in [0.1, 0.15) is 19.3 Å². The molecule has 0 saturated carbocycles. The second kappa shape index (κ2) is 8.90. The molecule has 0 atom stereocenters. The predicted octanol–water partition coefficient (Wildman–Crippen LogP) is 4.03. The van der Waals surface area contributed by atoms with Crippen LogP contribution in [-0.4, -0.2) is 23.2 Å². The summed E-state index contributed by atoms with van der Waals surface area (Å²) in [5, 5.41) is 20.8. The lowest BCUT2D eigenvalue weighted by Gasteiger charge is -2.08. The lowest BCUT2D eigenvalue weighted by Crippen LogP contribution is -2.07. The second-order valence-corrected chi connectivity index (χ2v) is 6.07. The van der Waals surface area contributed by atoms with E-state index in [1.807, 2.05) is 30.3 Å². The first kappa shape index (κ1) is 19.2. The van der Waals surface area contributed by atoms with Crippen molar-refractivity contribution in [2.24, 2.45) is 0 Å². The third-order valence-electron chi connectivity index (χ3n) is 4.08. The Morgan fingerprint density at radius 1 is 0.964 bits per heavy atom. The molecule has 0 spiro atoms. The van der Waals surface area contributed by atoms with Crippen molar-refractivity contribution in [3.05, 3.63) is 69.1 Å². The van der Waals surface area contributed by atoms with E-state index in [9.17, 15) is 20.0 Å². The number of ether oxygens (including phenoxy) is 2. The van der Waals surface area contributed by atoms with Gasteiger partial charge in [0.2, 0.25) is 5.75 Å². The van der Waals surface area contributed by atoms with Gasteiger partial charge in [0.15, 0.2) is 0 Å². The molecule has 0 unspecified atom stereocenters. The summed E-state index contributed by atoms with van der Waals surface area (Å²) in [5.74, 6) is 0.588. The Kier molecular flexibility index (Phi) is 6.11. The monoisotopic (exact) mass is 385 g/mol. The van der Waals surface area contributed by atoms with Crippen LogP contribution in [0.3, 0.4) is 0 Å². The first-order valence-electron chi connectivity index (χ1n) is 8.81. The topological polar surface area (TPSA) is 112 Å². The van der Waals surface area contributed by atoms with E-state index >= 15 is 0 Å². The van der Waals surface area contributed by atoms with E-state index in [4.69, 9.17) is 13.9 Å². The van der Waals surface area contributed by atoms with Crippen LogP contribution in [0.25, 0.3) is 11.0 Å². The van der Waals surface area contributed by atoms with Crippen LogP contribution >= 0.6 is 0 Å². The lowest BCUT2D eigenvalue weighted by atomic mass is 10.2. The van der Waals surface area contributed by atoms with E-state index < -0.39 is 22.0 Å². The highest BCUT2D eigenvalue weighted by atomic mass is 16.6. The van der Waals surface area contributed by atoms with Crippen molar-refractivity contribution in [3.8, 4) is 17.2 Å². The fraction of sp³-hybridized carbons (Fsp3) is 0.250. The second-order valence-electron chi connectivity index (χ2n) is 6.07. The molecule has 0 aliphatic heterocycles. The highest BCUT2D eigenvalue weighted by Crippen LogP contribution is 2.32. The number of nitro groups is 1. The molecular formula is C20H19NO7. The fourth-order valence-corrected chi connectivity index (χ4v) is 2.68. The van der Waals surface area contributed by atoms with Gasteiger partial charge in [-0.2, -0.15) is 0 Å². The van der Waals surface area contributed by atoms with Gasteiger partial charge in [-0.25, -0.2) is 4.79 Å². The molecule has 0 bridgehead atoms. The summed E-state index contributed by atoms with van der Waals surface area (Å²) in [5.41, 5.74) is -2.15. The predicted molar refractivity (Wildman–Crippen MR) is 102 cm³/mol. The smallest absolute Gasteiger partial charge is 0.419 e. The summed E-state index contributed by atoms with van der Waals surface area (Å²) in [6, 6.07) is 14.0. The molecule has 2 aromatic carbocycles. The van der Waals surface area contributed by atoms with Crippen molar-refractivity contribution in [3.63, 3.8) is 0 Å². The summed E-state index contributed by atoms with van der Waals surface area (Å²) in [6.45, 7) is 1.09. The minimum absolute atomic E-state index is 0.0295. The molecule has 8 heteroatoms. The Hall–Kier alpha value is -3.55. The standard InChI is InChI=1S/C20H19NO7/c22-19-16-10-9-15(13-17(16)28-20(23)18(19)21(24)25)27-12-6-2-5-11-26-14-7-3-1-4-8-14/h1,3-4,7-10,13,22H,2,5-6,11-12H2. The average Bonchev–Trinajstić information content (AvgIpc) is 2.67. The van der Waals surface area contributed by atoms with E-state index in [-0.39, 0.29) is 11.0 Å². The number of benzene rings is 2. The quantitative estimate of drug-likeness (QED) is 0.256. The third-order valence-corrected chi connectivity index (χ3v) is 4.08. The Bertz CT molecular complexity index is 1010. The molecule has 1 heterocycles. The molecule has 0 aliphatic carbocycles. The van der Waals surface area contributed by atoms with Crippen molar-refractivity contribution in [1.82, 2.24) is 0 Å². The summed E-state index contributed by atoms with van der Waals surface area (Å²) >= 11 is 0. The van der Waals surface area contributed by atoms with Crippen molar-refractivity contribution < 1.29 is 23.9 Å². The van der Waals surface area contributed by atoms with Gasteiger partial charge < -0.3 is 19.0 Å². The van der Waals surface area contributed by atoms with Crippen molar-refractivity contribution >= 4 is 16.7 Å². The zero-order valence-electron chi connectivity index (χ0n) is 15.0. The number of hydrogen-bond donors (Lipinski definition) is 1. The highest BCUT2D eigenvalue weighted by molar-refractivity contribution is 5.87. The van der Waals surface area contributed by atoms with Crippen molar-refractivity contribution in [2.75, 3.05) is 13.2 Å². The van der Waals surface area contributed by atoms with E-state index in [1.165, 1.54) is 12.1 Å². The number of fused-ring (bicyclic) bond motifs is 1. The third kappa shape index (κ3) is 4.59. The maximum atomic E-state index is 11.6. The van der Waals surface area contributed by atoms with Crippen LogP contribution in [0.2, 0.25) is 0 Å². The van der Waals surface area contributed by atoms with Gasteiger partial charge in [0.05, 0.1) is 23.5 Å². The molecule has 146 valence electrons. The molecule has 0 fully saturated rings. The Labute approximate surface area is 160 Å². The summed E-state index contributed by atoms with van der Waals surface area (Å²) < 4.78 is 16.2. The van der Waals surface area contributed by atoms with Gasteiger partial charge in [0, 0.05) is 6.07 Å². The largest absolute Gasteiger partial charge is 0.501 e. The molecule has 8 nitrogen and oxygen atoms in total. The molecule has 1 aromatic heterocycles. The van der Waals surface area contributed by atoms with Gasteiger partial charge in [-0.1, -0.05) is 18.2 Å². The molecule has 0 radical (unpaired) electrons. The van der Waals surface area contributed by atoms with E-state index in [2.05, 4.69) is 0 Å². The molecule has 0 aliphatic rings. The normalized spacial score (nSPS) is 10.7. The molecule has 1 N–H and O–H groups in total. The maximum Gasteiger partial charge on any atom is 0.419 e. The van der Waals surface area contributed by atoms with Crippen LogP contribution in [-0.2, 0) is 0 Å². The first-order valence-corrected chi connectivity index (χ1v) is 8.81. The van der Waals surface area contributed by atoms with Crippen LogP contribution in [0.15, 0.2) is 57.7 Å². The SMILES string of the molecule is O=c1oc2cc(OCCCCCOc3ccccc3)ccc2c(O)c1[N+](=O)[O-]. The molecule has 3 rings (SSSR count). The minimum atomic E-state index is -1.20. The zero-order chi connectivity index (χ0) is 19.9. The Balaban J connectivity index is 1.49. The number of nitrogens with zero attached hydrogens (tertiary/aromatic N) is 1. The maximum absolute atomic E-state index is 11.6. The number of unbranched alkanes of at least 4 members (excludes halogenated alkanes) is 2. The number of rotatable bonds is 9. The molecule has 0 amide bonds. The van der Waals surface area contributed by atoms with Gasteiger partial charge in [0.25, 0.3) is 0 Å². The van der Waals surface area contributed by atoms with Crippen LogP contribution < -0.4 is 15.1 Å². The zero-order valence-corrected chi connectivity index (χ0v) is 15.0. The van der Waals surface area contributed by atoms with Crippen molar-refractivity contribution in [1.29, 1.82) is 0 Å². The van der Waals surface area contributed by atoms with Crippen LogP contribution in [0.4, 0.5) is 5.69 Å². The van der Waals surface area contributed by atoms with E-state index in [0.29, 0.717) is 19.0 Å². The molecule has 3 aromatic rings. The Morgan fingerprint density at radius 2 is 1.64 bits per heavy atom. The van der Waals surface area contributed by atoms with Gasteiger partial charge in [-0.05, 0) is 43.5 Å². The number of para-hydroxylation sites is 1. The fourth-order valence-electron chi connectivity index (χ4n) is 2.68. The van der Waals surface area contributed by atoms with Crippen molar-refractivity contribution in [2.45, 2.75) is 19.3 Å². The molecule has 0 saturated heterocycles. The summed E-state index contributed by atoms with van der Waals surface area (Å²) in [4.78, 5) is 21.5. The van der Waals surface area contributed by atoms with E-state index in [0.717, 1.165) is 25.0 Å². The summed E-state index contributed by atoms with van der Waals surface area (Å²) in [6.07, 6.45) is 2.62. The van der Waals surface area contributed by atoms with Crippen LogP contribution in [0.5, 0.6) is 17.2 Å².